The second-order valence-electron chi connectivity index (χ2n) is 4.92. The topological polar surface area (TPSA) is 100 Å². The lowest BCUT2D eigenvalue weighted by molar-refractivity contribution is -0.126. The number of hydrogen-bond acceptors (Lipinski definition) is 5. The van der Waals surface area contributed by atoms with Crippen LogP contribution in [0, 0.1) is 5.82 Å². The van der Waals surface area contributed by atoms with E-state index in [1.54, 1.807) is 18.2 Å². The van der Waals surface area contributed by atoms with Crippen LogP contribution in [0.4, 0.5) is 10.1 Å². The van der Waals surface area contributed by atoms with Gasteiger partial charge in [-0.1, -0.05) is 6.07 Å². The number of aromatic hydroxyl groups is 1. The van der Waals surface area contributed by atoms with Gasteiger partial charge in [-0.3, -0.25) is 9.59 Å². The molecule has 0 saturated heterocycles. The first kappa shape index (κ1) is 17.9. The maximum absolute atomic E-state index is 12.8. The molecule has 2 aromatic carbocycles. The second-order valence-corrected chi connectivity index (χ2v) is 4.92. The van der Waals surface area contributed by atoms with Gasteiger partial charge < -0.3 is 15.2 Å². The summed E-state index contributed by atoms with van der Waals surface area (Å²) in [6.07, 6.45) is 0.770. The largest absolute Gasteiger partial charge is 0.504 e. The maximum atomic E-state index is 12.8. The number of phenolic OH excluding ortho intramolecular Hbond substituents is 1. The fraction of sp³-hybridized carbons (Fsp3) is 0.118. The van der Waals surface area contributed by atoms with E-state index in [9.17, 15) is 19.1 Å². The zero-order chi connectivity index (χ0) is 18.2. The SMILES string of the molecule is COc1cccc(/C=N/NC(=O)CC(=O)Nc2ccc(F)cc2)c1O. The molecule has 0 heterocycles. The van der Waals surface area contributed by atoms with Gasteiger partial charge in [0.2, 0.25) is 11.8 Å². The smallest absolute Gasteiger partial charge is 0.249 e. The minimum atomic E-state index is -0.641. The Morgan fingerprint density at radius 2 is 1.92 bits per heavy atom. The van der Waals surface area contributed by atoms with Crippen molar-refractivity contribution in [2.75, 3.05) is 12.4 Å². The van der Waals surface area contributed by atoms with Gasteiger partial charge in [0.05, 0.1) is 13.3 Å². The monoisotopic (exact) mass is 345 g/mol. The highest BCUT2D eigenvalue weighted by molar-refractivity contribution is 6.03. The number of carbonyl (C=O) groups is 2. The molecule has 0 radical (unpaired) electrons. The van der Waals surface area contributed by atoms with Crippen molar-refractivity contribution in [3.63, 3.8) is 0 Å². The molecule has 0 spiro atoms. The molecule has 130 valence electrons. The molecule has 0 unspecified atom stereocenters. The maximum Gasteiger partial charge on any atom is 0.249 e. The molecule has 2 amide bonds. The number of hydrazone groups is 1. The van der Waals surface area contributed by atoms with Crippen LogP contribution in [0.2, 0.25) is 0 Å². The fourth-order valence-corrected chi connectivity index (χ4v) is 1.91. The van der Waals surface area contributed by atoms with Crippen LogP contribution in [-0.2, 0) is 9.59 Å². The van der Waals surface area contributed by atoms with E-state index in [4.69, 9.17) is 4.74 Å². The Morgan fingerprint density at radius 3 is 2.60 bits per heavy atom. The number of phenols is 1. The molecule has 8 heteroatoms. The Bertz CT molecular complexity index is 791. The number of benzene rings is 2. The highest BCUT2D eigenvalue weighted by Crippen LogP contribution is 2.27. The summed E-state index contributed by atoms with van der Waals surface area (Å²) in [7, 11) is 1.41. The van der Waals surface area contributed by atoms with Gasteiger partial charge in [0.1, 0.15) is 12.2 Å². The van der Waals surface area contributed by atoms with Crippen LogP contribution in [0.5, 0.6) is 11.5 Å². The van der Waals surface area contributed by atoms with Crippen LogP contribution >= 0.6 is 0 Å². The third kappa shape index (κ3) is 5.31. The molecule has 0 aliphatic heterocycles. The first-order valence-corrected chi connectivity index (χ1v) is 7.23. The van der Waals surface area contributed by atoms with E-state index in [2.05, 4.69) is 15.8 Å². The number of halogens is 1. The van der Waals surface area contributed by atoms with Gasteiger partial charge in [0, 0.05) is 11.3 Å². The molecule has 0 bridgehead atoms. The van der Waals surface area contributed by atoms with Crippen LogP contribution in [0.1, 0.15) is 12.0 Å². The zero-order valence-corrected chi connectivity index (χ0v) is 13.3. The Hall–Kier alpha value is -3.42. The number of nitrogens with one attached hydrogen (secondary N) is 2. The molecule has 0 fully saturated rings. The van der Waals surface area contributed by atoms with Crippen LogP contribution in [0.3, 0.4) is 0 Å². The summed E-state index contributed by atoms with van der Waals surface area (Å²) in [5, 5.41) is 16.0. The van der Waals surface area contributed by atoms with Crippen LogP contribution in [0.15, 0.2) is 47.6 Å². The number of carbonyl (C=O) groups excluding carboxylic acids is 2. The number of anilines is 1. The van der Waals surface area contributed by atoms with E-state index >= 15 is 0 Å². The van der Waals surface area contributed by atoms with Crippen molar-refractivity contribution in [2.24, 2.45) is 5.10 Å². The number of rotatable bonds is 6. The van der Waals surface area contributed by atoms with E-state index in [0.29, 0.717) is 11.3 Å². The fourth-order valence-electron chi connectivity index (χ4n) is 1.91. The number of methoxy groups -OCH3 is 1. The lowest BCUT2D eigenvalue weighted by Gasteiger charge is -2.05. The minimum Gasteiger partial charge on any atom is -0.504 e. The average molecular weight is 345 g/mol. The summed E-state index contributed by atoms with van der Waals surface area (Å²) in [4.78, 5) is 23.4. The molecule has 2 aromatic rings. The van der Waals surface area contributed by atoms with Crippen molar-refractivity contribution < 1.29 is 23.8 Å². The van der Waals surface area contributed by atoms with Gasteiger partial charge in [-0.05, 0) is 36.4 Å². The number of hydrogen-bond donors (Lipinski definition) is 3. The minimum absolute atomic E-state index is 0.114. The predicted octanol–water partition coefficient (Wildman–Crippen LogP) is 2.02. The van der Waals surface area contributed by atoms with Gasteiger partial charge in [-0.25, -0.2) is 9.82 Å². The van der Waals surface area contributed by atoms with Crippen molar-refractivity contribution in [1.29, 1.82) is 0 Å². The number of ether oxygens (including phenoxy) is 1. The summed E-state index contributed by atoms with van der Waals surface area (Å²) >= 11 is 0. The molecule has 0 aliphatic rings. The summed E-state index contributed by atoms with van der Waals surface area (Å²) < 4.78 is 17.7. The van der Waals surface area contributed by atoms with Crippen molar-refractivity contribution in [3.05, 3.63) is 53.8 Å². The molecular weight excluding hydrogens is 329 g/mol. The lowest BCUT2D eigenvalue weighted by atomic mass is 10.2. The molecule has 7 nitrogen and oxygen atoms in total. The quantitative estimate of drug-likeness (QED) is 0.424. The predicted molar refractivity (Wildman–Crippen MR) is 90.0 cm³/mol. The van der Waals surface area contributed by atoms with Crippen LogP contribution in [-0.4, -0.2) is 30.2 Å². The molecule has 0 atom stereocenters. The van der Waals surface area contributed by atoms with E-state index < -0.39 is 24.1 Å². The molecule has 0 aromatic heterocycles. The highest BCUT2D eigenvalue weighted by Gasteiger charge is 2.09. The van der Waals surface area contributed by atoms with Gasteiger partial charge in [0.15, 0.2) is 11.5 Å². The van der Waals surface area contributed by atoms with E-state index in [0.717, 1.165) is 0 Å². The molecule has 2 rings (SSSR count). The first-order valence-electron chi connectivity index (χ1n) is 7.23. The van der Waals surface area contributed by atoms with Crippen molar-refractivity contribution in [1.82, 2.24) is 5.43 Å². The molecule has 25 heavy (non-hydrogen) atoms. The summed E-state index contributed by atoms with van der Waals surface area (Å²) in [6, 6.07) is 9.96. The number of para-hydroxylation sites is 1. The Kier molecular flexibility index (Phi) is 6.05. The third-order valence-corrected chi connectivity index (χ3v) is 3.09. The normalized spacial score (nSPS) is 10.5. The number of amides is 2. The Labute approximate surface area is 143 Å². The van der Waals surface area contributed by atoms with E-state index in [1.807, 2.05) is 0 Å². The second kappa shape index (κ2) is 8.44. The van der Waals surface area contributed by atoms with Crippen molar-refractivity contribution in [3.8, 4) is 11.5 Å². The van der Waals surface area contributed by atoms with Crippen LogP contribution in [0.25, 0.3) is 0 Å². The summed E-state index contributed by atoms with van der Waals surface area (Å²) in [5.74, 6) is -1.47. The first-order chi connectivity index (χ1) is 12.0. The van der Waals surface area contributed by atoms with E-state index in [-0.39, 0.29) is 11.5 Å². The van der Waals surface area contributed by atoms with Crippen molar-refractivity contribution in [2.45, 2.75) is 6.42 Å². The van der Waals surface area contributed by atoms with Gasteiger partial charge in [0.25, 0.3) is 0 Å². The lowest BCUT2D eigenvalue weighted by Crippen LogP contribution is -2.24. The number of nitrogens with zero attached hydrogens (tertiary/aromatic N) is 1. The summed E-state index contributed by atoms with van der Waals surface area (Å²) in [5.41, 5.74) is 2.90. The zero-order valence-electron chi connectivity index (χ0n) is 13.3. The van der Waals surface area contributed by atoms with Crippen molar-refractivity contribution >= 4 is 23.7 Å². The average Bonchev–Trinajstić information content (AvgIpc) is 2.58. The molecular formula is C17H16FN3O4. The standard InChI is InChI=1S/C17H16FN3O4/c1-25-14-4-2-3-11(17(14)24)10-19-21-16(23)9-15(22)20-13-7-5-12(18)6-8-13/h2-8,10,24H,9H2,1H3,(H,20,22)(H,21,23)/b19-10+. The third-order valence-electron chi connectivity index (χ3n) is 3.09. The Morgan fingerprint density at radius 1 is 1.20 bits per heavy atom. The van der Waals surface area contributed by atoms with Crippen LogP contribution < -0.4 is 15.5 Å². The van der Waals surface area contributed by atoms with Gasteiger partial charge in [-0.2, -0.15) is 5.10 Å². The molecule has 3 N–H and O–H groups in total. The van der Waals surface area contributed by atoms with Gasteiger partial charge in [-0.15, -0.1) is 0 Å². The molecule has 0 aliphatic carbocycles. The summed E-state index contributed by atoms with van der Waals surface area (Å²) in [6.45, 7) is 0. The van der Waals surface area contributed by atoms with Gasteiger partial charge >= 0.3 is 0 Å². The Balaban J connectivity index is 1.86. The highest BCUT2D eigenvalue weighted by atomic mass is 19.1. The van der Waals surface area contributed by atoms with E-state index in [1.165, 1.54) is 37.6 Å². The molecule has 0 saturated carbocycles.